The predicted octanol–water partition coefficient (Wildman–Crippen LogP) is 2.70. The monoisotopic (exact) mass is 328 g/mol. The van der Waals surface area contributed by atoms with Gasteiger partial charge in [-0.3, -0.25) is 10.1 Å². The molecule has 0 saturated heterocycles. The maximum absolute atomic E-state index is 14.2. The van der Waals surface area contributed by atoms with Gasteiger partial charge in [0.05, 0.1) is 17.4 Å². The van der Waals surface area contributed by atoms with Gasteiger partial charge in [0.2, 0.25) is 11.6 Å². The third-order valence-corrected chi connectivity index (χ3v) is 2.86. The largest absolute Gasteiger partial charge is 0.342 e. The Hall–Kier alpha value is -3.31. The van der Waals surface area contributed by atoms with E-state index < -0.39 is 44.8 Å². The summed E-state index contributed by atoms with van der Waals surface area (Å²) in [6, 6.07) is 0.200. The molecule has 23 heavy (non-hydrogen) atoms. The second-order valence-corrected chi connectivity index (χ2v) is 4.20. The lowest BCUT2D eigenvalue weighted by Gasteiger charge is -2.12. The molecule has 0 aliphatic rings. The lowest BCUT2D eigenvalue weighted by Crippen LogP contribution is -2.12. The fourth-order valence-electron chi connectivity index (χ4n) is 1.78. The number of nitrogens with one attached hydrogen (secondary N) is 1. The molecule has 3 rings (SSSR count). The van der Waals surface area contributed by atoms with E-state index in [4.69, 9.17) is 0 Å². The van der Waals surface area contributed by atoms with Crippen molar-refractivity contribution in [2.24, 2.45) is 0 Å². The average molecular weight is 328 g/mol. The minimum atomic E-state index is -2.18. The highest BCUT2D eigenvalue weighted by atomic mass is 19.2. The minimum Gasteiger partial charge on any atom is -0.342 e. The molecule has 3 aromatic rings. The van der Waals surface area contributed by atoms with Crippen molar-refractivity contribution in [3.8, 4) is 0 Å². The number of nitro groups is 1. The van der Waals surface area contributed by atoms with Gasteiger partial charge in [0.1, 0.15) is 11.2 Å². The number of hydrogen-bond donors (Lipinski definition) is 1. The van der Waals surface area contributed by atoms with Gasteiger partial charge in [-0.2, -0.15) is 9.37 Å². The molecular weight excluding hydrogens is 324 g/mol. The second-order valence-electron chi connectivity index (χ2n) is 4.20. The standard InChI is InChI=1S/C11H4F4N6O2/c12-7-5(1-6(21(22)23)8(13)9(7)14)20(15)11-16-2-4-10(19-11)18-3-17-4/h1-3H,(H,16,17,18,19). The first-order valence-electron chi connectivity index (χ1n) is 5.84. The van der Waals surface area contributed by atoms with Crippen LogP contribution in [0.3, 0.4) is 0 Å². The van der Waals surface area contributed by atoms with E-state index in [1.165, 1.54) is 6.33 Å². The van der Waals surface area contributed by atoms with Gasteiger partial charge in [0, 0.05) is 6.07 Å². The van der Waals surface area contributed by atoms with Crippen molar-refractivity contribution in [1.82, 2.24) is 19.9 Å². The Labute approximate surface area is 123 Å². The van der Waals surface area contributed by atoms with Crippen LogP contribution in [0.2, 0.25) is 0 Å². The van der Waals surface area contributed by atoms with Crippen molar-refractivity contribution < 1.29 is 22.6 Å². The van der Waals surface area contributed by atoms with Gasteiger partial charge < -0.3 is 4.98 Å². The Bertz CT molecular complexity index is 930. The molecule has 0 atom stereocenters. The number of H-pyrrole nitrogens is 1. The Morgan fingerprint density at radius 3 is 2.61 bits per heavy atom. The maximum Gasteiger partial charge on any atom is 0.310 e. The first-order chi connectivity index (χ1) is 10.9. The third kappa shape index (κ3) is 2.29. The lowest BCUT2D eigenvalue weighted by atomic mass is 10.2. The molecular formula is C11H4F4N6O2. The van der Waals surface area contributed by atoms with E-state index in [-0.39, 0.29) is 11.7 Å². The van der Waals surface area contributed by atoms with E-state index in [1.807, 2.05) is 0 Å². The fraction of sp³-hybridized carbons (Fsp3) is 0. The first kappa shape index (κ1) is 14.6. The highest BCUT2D eigenvalue weighted by molar-refractivity contribution is 5.71. The zero-order chi connectivity index (χ0) is 16.7. The van der Waals surface area contributed by atoms with Crippen molar-refractivity contribution in [2.45, 2.75) is 0 Å². The number of nitro benzene ring substituents is 1. The summed E-state index contributed by atoms with van der Waals surface area (Å²) in [6.07, 6.45) is 2.36. The molecule has 0 unspecified atom stereocenters. The number of aromatic nitrogens is 4. The summed E-state index contributed by atoms with van der Waals surface area (Å²) in [5.74, 6) is -6.93. The number of fused-ring (bicyclic) bond motifs is 1. The second kappa shape index (κ2) is 5.15. The molecule has 2 heterocycles. The van der Waals surface area contributed by atoms with Crippen LogP contribution in [0.15, 0.2) is 18.6 Å². The van der Waals surface area contributed by atoms with Crippen molar-refractivity contribution in [3.05, 3.63) is 46.2 Å². The molecule has 118 valence electrons. The molecule has 0 bridgehead atoms. The van der Waals surface area contributed by atoms with Gasteiger partial charge in [0.15, 0.2) is 11.5 Å². The maximum atomic E-state index is 14.2. The predicted molar refractivity (Wildman–Crippen MR) is 67.9 cm³/mol. The number of hydrogen-bond acceptors (Lipinski definition) is 6. The van der Waals surface area contributed by atoms with Gasteiger partial charge >= 0.3 is 5.69 Å². The van der Waals surface area contributed by atoms with Gasteiger partial charge in [-0.1, -0.05) is 4.48 Å². The van der Waals surface area contributed by atoms with Crippen molar-refractivity contribution >= 4 is 28.5 Å². The van der Waals surface area contributed by atoms with Crippen LogP contribution < -0.4 is 5.12 Å². The number of benzene rings is 1. The topological polar surface area (TPSA) is 101 Å². The van der Waals surface area contributed by atoms with E-state index in [0.29, 0.717) is 5.52 Å². The van der Waals surface area contributed by atoms with E-state index in [1.54, 1.807) is 0 Å². The molecule has 1 aromatic carbocycles. The quantitative estimate of drug-likeness (QED) is 0.261. The van der Waals surface area contributed by atoms with E-state index in [0.717, 1.165) is 6.20 Å². The number of anilines is 2. The number of rotatable bonds is 3. The van der Waals surface area contributed by atoms with E-state index in [2.05, 4.69) is 19.9 Å². The Morgan fingerprint density at radius 1 is 1.17 bits per heavy atom. The minimum absolute atomic E-state index is 0.0233. The number of halogens is 4. The molecule has 0 amide bonds. The molecule has 8 nitrogen and oxygen atoms in total. The number of aromatic amines is 1. The van der Waals surface area contributed by atoms with Gasteiger partial charge in [-0.25, -0.2) is 18.7 Å². The zero-order valence-electron chi connectivity index (χ0n) is 10.8. The summed E-state index contributed by atoms with van der Waals surface area (Å²) in [5.41, 5.74) is -2.30. The lowest BCUT2D eigenvalue weighted by molar-refractivity contribution is -0.387. The first-order valence-corrected chi connectivity index (χ1v) is 5.84. The Balaban J connectivity index is 2.14. The smallest absolute Gasteiger partial charge is 0.310 e. The molecule has 0 radical (unpaired) electrons. The summed E-state index contributed by atoms with van der Waals surface area (Å²) in [5, 5.41) is 10.1. The van der Waals surface area contributed by atoms with Gasteiger partial charge in [-0.05, 0) is 0 Å². The van der Waals surface area contributed by atoms with Crippen LogP contribution in [-0.4, -0.2) is 24.9 Å². The molecule has 0 spiro atoms. The Morgan fingerprint density at radius 2 is 1.91 bits per heavy atom. The molecule has 12 heteroatoms. The molecule has 0 saturated carbocycles. The normalized spacial score (nSPS) is 11.0. The third-order valence-electron chi connectivity index (χ3n) is 2.86. The van der Waals surface area contributed by atoms with Crippen LogP contribution >= 0.6 is 0 Å². The molecule has 2 aromatic heterocycles. The summed E-state index contributed by atoms with van der Waals surface area (Å²) in [7, 11) is 0. The number of imidazole rings is 1. The highest BCUT2D eigenvalue weighted by Gasteiger charge is 2.30. The fourth-order valence-corrected chi connectivity index (χ4v) is 1.78. The van der Waals surface area contributed by atoms with E-state index >= 15 is 0 Å². The van der Waals surface area contributed by atoms with Gasteiger partial charge in [0.25, 0.3) is 5.95 Å². The number of nitrogens with zero attached hydrogens (tertiary/aromatic N) is 5. The molecule has 0 fully saturated rings. The average Bonchev–Trinajstić information content (AvgIpc) is 2.99. The molecule has 0 aliphatic heterocycles. The van der Waals surface area contributed by atoms with Crippen LogP contribution in [0.5, 0.6) is 0 Å². The summed E-state index contributed by atoms with van der Waals surface area (Å²) >= 11 is 0. The summed E-state index contributed by atoms with van der Waals surface area (Å²) in [4.78, 5) is 22.8. The highest BCUT2D eigenvalue weighted by Crippen LogP contribution is 2.34. The van der Waals surface area contributed by atoms with Crippen LogP contribution in [0.4, 0.5) is 35.0 Å². The van der Waals surface area contributed by atoms with E-state index in [9.17, 15) is 27.8 Å². The van der Waals surface area contributed by atoms with Crippen molar-refractivity contribution in [3.63, 3.8) is 0 Å². The molecule has 0 aliphatic carbocycles. The molecule has 1 N–H and O–H groups in total. The van der Waals surface area contributed by atoms with Crippen molar-refractivity contribution in [2.75, 3.05) is 5.12 Å². The van der Waals surface area contributed by atoms with Crippen LogP contribution in [0.25, 0.3) is 11.2 Å². The van der Waals surface area contributed by atoms with Crippen LogP contribution in [0, 0.1) is 27.6 Å². The Kier molecular flexibility index (Phi) is 3.28. The van der Waals surface area contributed by atoms with Crippen LogP contribution in [0.1, 0.15) is 0 Å². The SMILES string of the molecule is O=[N+]([O-])c1cc(N(F)c2ncc3[nH]cnc3n2)c(F)c(F)c1F. The summed E-state index contributed by atoms with van der Waals surface area (Å²) in [6.45, 7) is 0. The zero-order valence-corrected chi connectivity index (χ0v) is 10.8. The van der Waals surface area contributed by atoms with Crippen molar-refractivity contribution in [1.29, 1.82) is 0 Å². The summed E-state index contributed by atoms with van der Waals surface area (Å²) < 4.78 is 54.6. The van der Waals surface area contributed by atoms with Crippen LogP contribution in [-0.2, 0) is 0 Å². The van der Waals surface area contributed by atoms with Gasteiger partial charge in [-0.15, -0.1) is 5.12 Å².